The van der Waals surface area contributed by atoms with Crippen LogP contribution in [0.3, 0.4) is 0 Å². The largest absolute Gasteiger partial charge is 0.492 e. The smallest absolute Gasteiger partial charge is 0.337 e. The number of hydrogen-bond donors (Lipinski definition) is 2. The van der Waals surface area contributed by atoms with Crippen LogP contribution in [-0.4, -0.2) is 50.9 Å². The number of carbonyl (C=O) groups excluding carboxylic acids is 2. The minimum Gasteiger partial charge on any atom is -0.492 e. The minimum absolute atomic E-state index is 0.00380. The number of methoxy groups -OCH3 is 1. The summed E-state index contributed by atoms with van der Waals surface area (Å²) in [6.07, 6.45) is 2.97. The van der Waals surface area contributed by atoms with Gasteiger partial charge in [-0.2, -0.15) is 0 Å². The van der Waals surface area contributed by atoms with Crippen LogP contribution < -0.4 is 15.4 Å². The molecule has 0 atom stereocenters. The molecule has 7 nitrogen and oxygen atoms in total. The summed E-state index contributed by atoms with van der Waals surface area (Å²) in [5, 5.41) is 6.78. The second kappa shape index (κ2) is 9.93. The number of ether oxygens (including phenoxy) is 3. The van der Waals surface area contributed by atoms with Crippen LogP contribution in [0.25, 0.3) is 0 Å². The third-order valence-corrected chi connectivity index (χ3v) is 6.57. The molecule has 1 amide bonds. The van der Waals surface area contributed by atoms with E-state index in [0.29, 0.717) is 44.8 Å². The van der Waals surface area contributed by atoms with Gasteiger partial charge in [0, 0.05) is 19.8 Å². The molecule has 1 aliphatic carbocycles. The molecule has 1 saturated carbocycles. The number of nitrogens with one attached hydrogen (secondary N) is 2. The van der Waals surface area contributed by atoms with Crippen molar-refractivity contribution in [2.45, 2.75) is 43.7 Å². The number of benzene rings is 2. The predicted octanol–water partition coefficient (Wildman–Crippen LogP) is 3.10. The summed E-state index contributed by atoms with van der Waals surface area (Å²) in [7, 11) is 1.37. The molecule has 2 N–H and O–H groups in total. The van der Waals surface area contributed by atoms with Crippen LogP contribution in [-0.2, 0) is 19.8 Å². The zero-order chi connectivity index (χ0) is 23.3. The van der Waals surface area contributed by atoms with Gasteiger partial charge in [0.25, 0.3) is 0 Å². The standard InChI is InChI=1S/C26H32N2O5/c1-19-4-3-5-22(18-19)33-17-14-27-26(12-15-32-16-13-26)24(30)28-25(10-11-25)21-8-6-20(7-9-21)23(29)31-2/h3-9,18,27H,10-17H2,1-2H3,(H,28,30). The lowest BCUT2D eigenvalue weighted by molar-refractivity contribution is -0.133. The molecule has 2 aromatic rings. The molecule has 0 bridgehead atoms. The number of esters is 1. The summed E-state index contributed by atoms with van der Waals surface area (Å²) >= 11 is 0. The van der Waals surface area contributed by atoms with Crippen LogP contribution in [0.1, 0.15) is 47.2 Å². The highest BCUT2D eigenvalue weighted by Gasteiger charge is 2.50. The molecule has 2 aromatic carbocycles. The molecule has 1 saturated heterocycles. The van der Waals surface area contributed by atoms with E-state index in [-0.39, 0.29) is 17.4 Å². The second-order valence-electron chi connectivity index (χ2n) is 8.89. The van der Waals surface area contributed by atoms with E-state index in [9.17, 15) is 9.59 Å². The molecule has 0 aromatic heterocycles. The SMILES string of the molecule is COC(=O)c1ccc(C2(NC(=O)C3(NCCOc4cccc(C)c4)CCOCC3)CC2)cc1. The molecule has 1 heterocycles. The third-order valence-electron chi connectivity index (χ3n) is 6.57. The molecule has 1 aliphatic heterocycles. The fourth-order valence-electron chi connectivity index (χ4n) is 4.36. The van der Waals surface area contributed by atoms with E-state index in [0.717, 1.165) is 29.7 Å². The van der Waals surface area contributed by atoms with Crippen LogP contribution in [0, 0.1) is 6.92 Å². The van der Waals surface area contributed by atoms with Crippen LogP contribution in [0.5, 0.6) is 5.75 Å². The van der Waals surface area contributed by atoms with Gasteiger partial charge in [0.2, 0.25) is 5.91 Å². The normalized spacial score (nSPS) is 18.2. The Labute approximate surface area is 194 Å². The maximum Gasteiger partial charge on any atom is 0.337 e. The van der Waals surface area contributed by atoms with Crippen molar-refractivity contribution in [1.29, 1.82) is 0 Å². The van der Waals surface area contributed by atoms with Crippen LogP contribution in [0.15, 0.2) is 48.5 Å². The summed E-state index contributed by atoms with van der Waals surface area (Å²) in [6, 6.07) is 15.2. The Morgan fingerprint density at radius 3 is 2.39 bits per heavy atom. The molecular formula is C26H32N2O5. The van der Waals surface area contributed by atoms with Crippen molar-refractivity contribution in [3.05, 3.63) is 65.2 Å². The fraction of sp³-hybridized carbons (Fsp3) is 0.462. The van der Waals surface area contributed by atoms with Gasteiger partial charge in [-0.25, -0.2) is 4.79 Å². The van der Waals surface area contributed by atoms with Crippen molar-refractivity contribution in [1.82, 2.24) is 10.6 Å². The van der Waals surface area contributed by atoms with Gasteiger partial charge < -0.3 is 19.5 Å². The molecule has 7 heteroatoms. The minimum atomic E-state index is -0.685. The van der Waals surface area contributed by atoms with Crippen molar-refractivity contribution in [3.63, 3.8) is 0 Å². The van der Waals surface area contributed by atoms with E-state index in [1.165, 1.54) is 7.11 Å². The molecule has 33 heavy (non-hydrogen) atoms. The Morgan fingerprint density at radius 2 is 1.76 bits per heavy atom. The van der Waals surface area contributed by atoms with Crippen LogP contribution in [0.4, 0.5) is 0 Å². The van der Waals surface area contributed by atoms with Crippen molar-refractivity contribution < 1.29 is 23.8 Å². The topological polar surface area (TPSA) is 85.9 Å². The highest BCUT2D eigenvalue weighted by molar-refractivity contribution is 5.89. The Balaban J connectivity index is 1.39. The van der Waals surface area contributed by atoms with E-state index in [1.54, 1.807) is 12.1 Å². The first-order chi connectivity index (χ1) is 16.0. The summed E-state index contributed by atoms with van der Waals surface area (Å²) in [5.41, 5.74) is 1.59. The summed E-state index contributed by atoms with van der Waals surface area (Å²) < 4.78 is 16.2. The van der Waals surface area contributed by atoms with Gasteiger partial charge in [-0.1, -0.05) is 24.3 Å². The monoisotopic (exact) mass is 452 g/mol. The molecule has 4 rings (SSSR count). The maximum atomic E-state index is 13.5. The van der Waals surface area contributed by atoms with Gasteiger partial charge in [-0.05, 0) is 68.0 Å². The van der Waals surface area contributed by atoms with Gasteiger partial charge in [0.05, 0.1) is 18.2 Å². The van der Waals surface area contributed by atoms with Gasteiger partial charge in [-0.3, -0.25) is 10.1 Å². The van der Waals surface area contributed by atoms with E-state index < -0.39 is 5.54 Å². The molecule has 0 unspecified atom stereocenters. The Morgan fingerprint density at radius 1 is 1.03 bits per heavy atom. The van der Waals surface area contributed by atoms with Gasteiger partial charge in [-0.15, -0.1) is 0 Å². The highest BCUT2D eigenvalue weighted by atomic mass is 16.5. The Bertz CT molecular complexity index is 978. The van der Waals surface area contributed by atoms with Crippen molar-refractivity contribution in [3.8, 4) is 5.75 Å². The Kier molecular flexibility index (Phi) is 7.00. The first kappa shape index (κ1) is 23.3. The van der Waals surface area contributed by atoms with Gasteiger partial charge in [0.1, 0.15) is 17.9 Å². The first-order valence-corrected chi connectivity index (χ1v) is 11.5. The molecule has 2 fully saturated rings. The average Bonchev–Trinajstić information content (AvgIpc) is 3.62. The van der Waals surface area contributed by atoms with Crippen LogP contribution >= 0.6 is 0 Å². The molecule has 2 aliphatic rings. The van der Waals surface area contributed by atoms with E-state index in [2.05, 4.69) is 10.6 Å². The Hall–Kier alpha value is -2.90. The van der Waals surface area contributed by atoms with Crippen molar-refractivity contribution in [2.24, 2.45) is 0 Å². The number of hydrogen-bond acceptors (Lipinski definition) is 6. The summed E-state index contributed by atoms with van der Waals surface area (Å²) in [4.78, 5) is 25.3. The van der Waals surface area contributed by atoms with E-state index in [4.69, 9.17) is 14.2 Å². The lowest BCUT2D eigenvalue weighted by Crippen LogP contribution is -2.61. The van der Waals surface area contributed by atoms with Gasteiger partial charge in [0.15, 0.2) is 0 Å². The lowest BCUT2D eigenvalue weighted by atomic mass is 9.88. The maximum absolute atomic E-state index is 13.5. The first-order valence-electron chi connectivity index (χ1n) is 11.5. The summed E-state index contributed by atoms with van der Waals surface area (Å²) in [6.45, 7) is 4.14. The molecule has 0 spiro atoms. The quantitative estimate of drug-likeness (QED) is 0.449. The summed E-state index contributed by atoms with van der Waals surface area (Å²) in [5.74, 6) is 0.458. The lowest BCUT2D eigenvalue weighted by Gasteiger charge is -2.38. The van der Waals surface area contributed by atoms with Crippen LogP contribution in [0.2, 0.25) is 0 Å². The molecule has 176 valence electrons. The number of aryl methyl sites for hydroxylation is 1. The van der Waals surface area contributed by atoms with E-state index >= 15 is 0 Å². The molecular weight excluding hydrogens is 420 g/mol. The zero-order valence-corrected chi connectivity index (χ0v) is 19.3. The van der Waals surface area contributed by atoms with E-state index in [1.807, 2.05) is 43.3 Å². The number of rotatable bonds is 9. The van der Waals surface area contributed by atoms with Crippen molar-refractivity contribution in [2.75, 3.05) is 33.5 Å². The third kappa shape index (κ3) is 5.37. The zero-order valence-electron chi connectivity index (χ0n) is 19.3. The van der Waals surface area contributed by atoms with Gasteiger partial charge >= 0.3 is 5.97 Å². The molecule has 0 radical (unpaired) electrons. The average molecular weight is 453 g/mol. The van der Waals surface area contributed by atoms with Crippen molar-refractivity contribution >= 4 is 11.9 Å². The highest BCUT2D eigenvalue weighted by Crippen LogP contribution is 2.46. The predicted molar refractivity (Wildman–Crippen MR) is 124 cm³/mol. The fourth-order valence-corrected chi connectivity index (χ4v) is 4.36. The number of amides is 1. The number of carbonyl (C=O) groups is 2. The second-order valence-corrected chi connectivity index (χ2v) is 8.89.